The number of imidazole rings is 1. The molecule has 0 spiro atoms. The standard InChI is InChI=1S/C16H26N2O2/c1-3-4-5-6-7-8-15-17-13-11-12(16(19)20)9-10-14(13)18(15)2/h12H,3-11H2,1-2H3,(H,19,20). The number of nitrogens with zero attached hydrogens (tertiary/aromatic N) is 2. The summed E-state index contributed by atoms with van der Waals surface area (Å²) in [7, 11) is 2.08. The fourth-order valence-electron chi connectivity index (χ4n) is 3.09. The maximum Gasteiger partial charge on any atom is 0.306 e. The van der Waals surface area contributed by atoms with Gasteiger partial charge in [-0.3, -0.25) is 4.79 Å². The zero-order chi connectivity index (χ0) is 14.5. The number of aromatic nitrogens is 2. The molecule has 1 heterocycles. The highest BCUT2D eigenvalue weighted by Crippen LogP contribution is 2.26. The molecule has 2 rings (SSSR count). The molecule has 4 nitrogen and oxygen atoms in total. The van der Waals surface area contributed by atoms with E-state index in [1.807, 2.05) is 0 Å². The summed E-state index contributed by atoms with van der Waals surface area (Å²) < 4.78 is 2.20. The largest absolute Gasteiger partial charge is 0.481 e. The first-order valence-electron chi connectivity index (χ1n) is 7.89. The van der Waals surface area contributed by atoms with E-state index in [2.05, 4.69) is 18.5 Å². The van der Waals surface area contributed by atoms with Crippen LogP contribution in [0, 0.1) is 5.92 Å². The van der Waals surface area contributed by atoms with Gasteiger partial charge in [0, 0.05) is 25.6 Å². The first-order chi connectivity index (χ1) is 9.63. The van der Waals surface area contributed by atoms with Crippen LogP contribution in [0.25, 0.3) is 0 Å². The van der Waals surface area contributed by atoms with Crippen molar-refractivity contribution < 1.29 is 9.90 Å². The molecule has 0 saturated carbocycles. The summed E-state index contributed by atoms with van der Waals surface area (Å²) in [5.41, 5.74) is 2.28. The molecule has 112 valence electrons. The van der Waals surface area contributed by atoms with E-state index in [0.29, 0.717) is 6.42 Å². The van der Waals surface area contributed by atoms with Gasteiger partial charge in [-0.2, -0.15) is 0 Å². The highest BCUT2D eigenvalue weighted by molar-refractivity contribution is 5.70. The minimum Gasteiger partial charge on any atom is -0.481 e. The Bertz CT molecular complexity index is 465. The number of aryl methyl sites for hydroxylation is 1. The molecule has 1 unspecified atom stereocenters. The molecule has 0 radical (unpaired) electrons. The molecule has 0 amide bonds. The third-order valence-corrected chi connectivity index (χ3v) is 4.41. The molecule has 1 aliphatic carbocycles. The topological polar surface area (TPSA) is 55.1 Å². The van der Waals surface area contributed by atoms with Gasteiger partial charge >= 0.3 is 5.97 Å². The highest BCUT2D eigenvalue weighted by Gasteiger charge is 2.28. The summed E-state index contributed by atoms with van der Waals surface area (Å²) in [6.45, 7) is 2.23. The Kier molecular flexibility index (Phi) is 5.21. The number of carboxylic acid groups (broad SMARTS) is 1. The average Bonchev–Trinajstić information content (AvgIpc) is 2.75. The molecule has 4 heteroatoms. The van der Waals surface area contributed by atoms with Gasteiger partial charge in [0.15, 0.2) is 0 Å². The van der Waals surface area contributed by atoms with E-state index in [1.165, 1.54) is 37.8 Å². The van der Waals surface area contributed by atoms with Gasteiger partial charge in [0.25, 0.3) is 0 Å². The molecule has 0 aromatic carbocycles. The number of unbranched alkanes of at least 4 members (excludes halogenated alkanes) is 4. The number of fused-ring (bicyclic) bond motifs is 1. The van der Waals surface area contributed by atoms with Gasteiger partial charge in [0.1, 0.15) is 5.82 Å². The van der Waals surface area contributed by atoms with Crippen LogP contribution in [-0.2, 0) is 31.1 Å². The van der Waals surface area contributed by atoms with Crippen molar-refractivity contribution in [3.05, 3.63) is 17.2 Å². The first-order valence-corrected chi connectivity index (χ1v) is 7.89. The lowest BCUT2D eigenvalue weighted by Gasteiger charge is -2.18. The fraction of sp³-hybridized carbons (Fsp3) is 0.750. The third-order valence-electron chi connectivity index (χ3n) is 4.41. The number of aliphatic carboxylic acids is 1. The van der Waals surface area contributed by atoms with Gasteiger partial charge in [-0.15, -0.1) is 0 Å². The van der Waals surface area contributed by atoms with E-state index in [9.17, 15) is 4.79 Å². The third kappa shape index (κ3) is 3.41. The van der Waals surface area contributed by atoms with Crippen molar-refractivity contribution >= 4 is 5.97 Å². The maximum atomic E-state index is 11.1. The van der Waals surface area contributed by atoms with Crippen LogP contribution in [0.2, 0.25) is 0 Å². The fourth-order valence-corrected chi connectivity index (χ4v) is 3.09. The molecular weight excluding hydrogens is 252 g/mol. The lowest BCUT2D eigenvalue weighted by atomic mass is 9.90. The van der Waals surface area contributed by atoms with Crippen LogP contribution >= 0.6 is 0 Å². The smallest absolute Gasteiger partial charge is 0.306 e. The second kappa shape index (κ2) is 6.91. The van der Waals surface area contributed by atoms with Gasteiger partial charge < -0.3 is 9.67 Å². The van der Waals surface area contributed by atoms with E-state index in [4.69, 9.17) is 10.1 Å². The number of rotatable bonds is 7. The second-order valence-electron chi connectivity index (χ2n) is 5.92. The molecule has 0 aliphatic heterocycles. The molecular formula is C16H26N2O2. The Morgan fingerprint density at radius 2 is 2.10 bits per heavy atom. The molecule has 1 aromatic rings. The van der Waals surface area contributed by atoms with Crippen LogP contribution in [0.1, 0.15) is 62.7 Å². The Hall–Kier alpha value is -1.32. The molecule has 1 aliphatic rings. The molecule has 0 fully saturated rings. The van der Waals surface area contributed by atoms with Gasteiger partial charge in [0.05, 0.1) is 11.6 Å². The average molecular weight is 278 g/mol. The summed E-state index contributed by atoms with van der Waals surface area (Å²) in [5, 5.41) is 9.13. The van der Waals surface area contributed by atoms with E-state index in [-0.39, 0.29) is 5.92 Å². The normalized spacial score (nSPS) is 18.0. The minimum absolute atomic E-state index is 0.241. The summed E-state index contributed by atoms with van der Waals surface area (Å²) in [6.07, 6.45) is 9.57. The summed E-state index contributed by atoms with van der Waals surface area (Å²) in [5.74, 6) is 0.217. The zero-order valence-corrected chi connectivity index (χ0v) is 12.7. The Balaban J connectivity index is 1.94. The van der Waals surface area contributed by atoms with Crippen molar-refractivity contribution in [1.29, 1.82) is 0 Å². The van der Waals surface area contributed by atoms with Crippen LogP contribution in [0.4, 0.5) is 0 Å². The number of carboxylic acids is 1. The Labute approximate surface area is 121 Å². The van der Waals surface area contributed by atoms with Crippen LogP contribution in [0.3, 0.4) is 0 Å². The molecule has 0 saturated heterocycles. The van der Waals surface area contributed by atoms with Crippen LogP contribution in [-0.4, -0.2) is 20.6 Å². The molecule has 0 bridgehead atoms. The number of carbonyl (C=O) groups is 1. The second-order valence-corrected chi connectivity index (χ2v) is 5.92. The Morgan fingerprint density at radius 1 is 1.35 bits per heavy atom. The van der Waals surface area contributed by atoms with Crippen molar-refractivity contribution in [3.63, 3.8) is 0 Å². The molecule has 20 heavy (non-hydrogen) atoms. The monoisotopic (exact) mass is 278 g/mol. The van der Waals surface area contributed by atoms with E-state index in [1.54, 1.807) is 0 Å². The van der Waals surface area contributed by atoms with Crippen LogP contribution < -0.4 is 0 Å². The van der Waals surface area contributed by atoms with E-state index >= 15 is 0 Å². The van der Waals surface area contributed by atoms with Crippen LogP contribution in [0.15, 0.2) is 0 Å². The van der Waals surface area contributed by atoms with Crippen molar-refractivity contribution in [2.75, 3.05) is 0 Å². The summed E-state index contributed by atoms with van der Waals surface area (Å²) >= 11 is 0. The van der Waals surface area contributed by atoms with Crippen molar-refractivity contribution in [1.82, 2.24) is 9.55 Å². The molecule has 1 N–H and O–H groups in total. The maximum absolute atomic E-state index is 11.1. The van der Waals surface area contributed by atoms with E-state index < -0.39 is 5.97 Å². The van der Waals surface area contributed by atoms with Crippen molar-refractivity contribution in [3.8, 4) is 0 Å². The summed E-state index contributed by atoms with van der Waals surface area (Å²) in [4.78, 5) is 15.8. The van der Waals surface area contributed by atoms with Gasteiger partial charge in [-0.25, -0.2) is 4.98 Å². The van der Waals surface area contributed by atoms with Gasteiger partial charge in [-0.05, 0) is 19.3 Å². The summed E-state index contributed by atoms with van der Waals surface area (Å²) in [6, 6.07) is 0. The minimum atomic E-state index is -0.678. The highest BCUT2D eigenvalue weighted by atomic mass is 16.4. The Morgan fingerprint density at radius 3 is 2.80 bits per heavy atom. The van der Waals surface area contributed by atoms with Crippen molar-refractivity contribution in [2.24, 2.45) is 13.0 Å². The predicted octanol–water partition coefficient (Wildman–Crippen LogP) is 3.12. The van der Waals surface area contributed by atoms with Gasteiger partial charge in [0.2, 0.25) is 0 Å². The van der Waals surface area contributed by atoms with Gasteiger partial charge in [-0.1, -0.05) is 32.6 Å². The van der Waals surface area contributed by atoms with E-state index in [0.717, 1.165) is 30.8 Å². The molecule has 1 aromatic heterocycles. The number of hydrogen-bond acceptors (Lipinski definition) is 2. The number of hydrogen-bond donors (Lipinski definition) is 1. The lowest BCUT2D eigenvalue weighted by Crippen LogP contribution is -2.22. The molecule has 1 atom stereocenters. The first kappa shape index (κ1) is 15.1. The van der Waals surface area contributed by atoms with Crippen molar-refractivity contribution in [2.45, 2.75) is 64.7 Å². The van der Waals surface area contributed by atoms with Crippen LogP contribution in [0.5, 0.6) is 0 Å². The lowest BCUT2D eigenvalue weighted by molar-refractivity contribution is -0.142. The zero-order valence-electron chi connectivity index (χ0n) is 12.7. The quantitative estimate of drug-likeness (QED) is 0.780. The predicted molar refractivity (Wildman–Crippen MR) is 78.8 cm³/mol. The SMILES string of the molecule is CCCCCCCc1nc2c(n1C)CCC(C(=O)O)C2.